The maximum absolute atomic E-state index is 9.08. The number of nitrogens with one attached hydrogen (secondary N) is 1. The molecular weight excluding hydrogens is 190 g/mol. The molecule has 0 amide bonds. The molecule has 0 fully saturated rings. The largest absolute Gasteiger partial charge is 0.494 e. The zero-order valence-electron chi connectivity index (χ0n) is 9.36. The number of aliphatic hydroxyl groups excluding tert-OH is 1. The van der Waals surface area contributed by atoms with Crippen LogP contribution in [0.3, 0.4) is 0 Å². The van der Waals surface area contributed by atoms with Gasteiger partial charge in [0.05, 0.1) is 12.7 Å². The van der Waals surface area contributed by atoms with Gasteiger partial charge in [0, 0.05) is 13.1 Å². The molecule has 1 rings (SSSR count). The maximum atomic E-state index is 9.08. The molecule has 0 aliphatic rings. The smallest absolute Gasteiger partial charge is 0.119 e. The molecule has 3 heteroatoms. The second-order valence-corrected chi connectivity index (χ2v) is 3.56. The molecule has 0 aliphatic heterocycles. The van der Waals surface area contributed by atoms with E-state index in [1.165, 1.54) is 5.56 Å². The third kappa shape index (κ3) is 4.81. The van der Waals surface area contributed by atoms with Crippen LogP contribution in [0.25, 0.3) is 0 Å². The van der Waals surface area contributed by atoms with Gasteiger partial charge in [-0.25, -0.2) is 0 Å². The molecule has 1 atom stereocenters. The minimum Gasteiger partial charge on any atom is -0.494 e. The summed E-state index contributed by atoms with van der Waals surface area (Å²) in [5, 5.41) is 12.2. The number of aliphatic hydroxyl groups is 1. The predicted octanol–water partition coefficient (Wildman–Crippen LogP) is 1.56. The minimum atomic E-state index is -0.305. The SMILES string of the molecule is CCOc1cccc(CNCC(C)O)c1. The highest BCUT2D eigenvalue weighted by Crippen LogP contribution is 2.12. The Labute approximate surface area is 91.1 Å². The molecule has 0 spiro atoms. The second kappa shape index (κ2) is 6.43. The Bertz CT molecular complexity index is 287. The molecule has 0 saturated heterocycles. The van der Waals surface area contributed by atoms with Gasteiger partial charge in [-0.3, -0.25) is 0 Å². The molecule has 3 nitrogen and oxygen atoms in total. The molecule has 2 N–H and O–H groups in total. The summed E-state index contributed by atoms with van der Waals surface area (Å²) in [5.41, 5.74) is 1.17. The van der Waals surface area contributed by atoms with Gasteiger partial charge in [0.15, 0.2) is 0 Å². The van der Waals surface area contributed by atoms with Gasteiger partial charge in [0.2, 0.25) is 0 Å². The normalized spacial score (nSPS) is 12.5. The average molecular weight is 209 g/mol. The average Bonchev–Trinajstić information content (AvgIpc) is 2.18. The first kappa shape index (κ1) is 12.0. The van der Waals surface area contributed by atoms with Crippen molar-refractivity contribution in [3.63, 3.8) is 0 Å². The highest BCUT2D eigenvalue weighted by atomic mass is 16.5. The summed E-state index contributed by atoms with van der Waals surface area (Å²) in [4.78, 5) is 0. The summed E-state index contributed by atoms with van der Waals surface area (Å²) in [7, 11) is 0. The fourth-order valence-corrected chi connectivity index (χ4v) is 1.34. The van der Waals surface area contributed by atoms with Crippen molar-refractivity contribution >= 4 is 0 Å². The summed E-state index contributed by atoms with van der Waals surface area (Å²) in [6.45, 7) is 5.79. The summed E-state index contributed by atoms with van der Waals surface area (Å²) < 4.78 is 5.40. The fourth-order valence-electron chi connectivity index (χ4n) is 1.34. The Hall–Kier alpha value is -1.06. The van der Waals surface area contributed by atoms with Crippen molar-refractivity contribution < 1.29 is 9.84 Å². The first-order valence-electron chi connectivity index (χ1n) is 5.33. The molecule has 0 heterocycles. The predicted molar refractivity (Wildman–Crippen MR) is 61.0 cm³/mol. The molecule has 1 unspecified atom stereocenters. The van der Waals surface area contributed by atoms with Crippen LogP contribution in [0.2, 0.25) is 0 Å². The number of ether oxygens (including phenoxy) is 1. The first-order chi connectivity index (χ1) is 7.22. The van der Waals surface area contributed by atoms with E-state index in [0.717, 1.165) is 12.3 Å². The van der Waals surface area contributed by atoms with Gasteiger partial charge in [0.25, 0.3) is 0 Å². The number of benzene rings is 1. The third-order valence-electron chi connectivity index (χ3n) is 1.98. The van der Waals surface area contributed by atoms with Crippen LogP contribution >= 0.6 is 0 Å². The van der Waals surface area contributed by atoms with E-state index in [-0.39, 0.29) is 6.10 Å². The van der Waals surface area contributed by atoms with Crippen LogP contribution in [-0.4, -0.2) is 24.4 Å². The maximum Gasteiger partial charge on any atom is 0.119 e. The Morgan fingerprint density at radius 1 is 1.47 bits per heavy atom. The van der Waals surface area contributed by atoms with Gasteiger partial charge in [-0.05, 0) is 31.5 Å². The number of rotatable bonds is 6. The van der Waals surface area contributed by atoms with Crippen molar-refractivity contribution in [1.29, 1.82) is 0 Å². The van der Waals surface area contributed by atoms with E-state index in [1.54, 1.807) is 6.92 Å². The molecule has 0 saturated carbocycles. The van der Waals surface area contributed by atoms with E-state index < -0.39 is 0 Å². The Kier molecular flexibility index (Phi) is 5.15. The first-order valence-corrected chi connectivity index (χ1v) is 5.33. The van der Waals surface area contributed by atoms with Crippen molar-refractivity contribution in [3.8, 4) is 5.75 Å². The number of hydrogen-bond acceptors (Lipinski definition) is 3. The molecule has 15 heavy (non-hydrogen) atoms. The third-order valence-corrected chi connectivity index (χ3v) is 1.98. The fraction of sp³-hybridized carbons (Fsp3) is 0.500. The summed E-state index contributed by atoms with van der Waals surface area (Å²) in [6.07, 6.45) is -0.305. The number of hydrogen-bond donors (Lipinski definition) is 2. The van der Waals surface area contributed by atoms with Crippen LogP contribution in [0.4, 0.5) is 0 Å². The van der Waals surface area contributed by atoms with Crippen LogP contribution in [0.15, 0.2) is 24.3 Å². The second-order valence-electron chi connectivity index (χ2n) is 3.56. The molecule has 1 aromatic carbocycles. The van der Waals surface area contributed by atoms with E-state index in [0.29, 0.717) is 13.2 Å². The molecule has 0 radical (unpaired) electrons. The van der Waals surface area contributed by atoms with Crippen molar-refractivity contribution in [2.45, 2.75) is 26.5 Å². The molecule has 84 valence electrons. The quantitative estimate of drug-likeness (QED) is 0.747. The molecular formula is C12H19NO2. The summed E-state index contributed by atoms with van der Waals surface area (Å²) >= 11 is 0. The zero-order valence-corrected chi connectivity index (χ0v) is 9.36. The van der Waals surface area contributed by atoms with Gasteiger partial charge >= 0.3 is 0 Å². The highest BCUT2D eigenvalue weighted by Gasteiger charge is 1.97. The molecule has 0 aliphatic carbocycles. The zero-order chi connectivity index (χ0) is 11.1. The summed E-state index contributed by atoms with van der Waals surface area (Å²) in [6, 6.07) is 7.97. The lowest BCUT2D eigenvalue weighted by atomic mass is 10.2. The lowest BCUT2D eigenvalue weighted by molar-refractivity contribution is 0.191. The van der Waals surface area contributed by atoms with Crippen LogP contribution in [0, 0.1) is 0 Å². The molecule has 1 aromatic rings. The van der Waals surface area contributed by atoms with E-state index in [9.17, 15) is 0 Å². The van der Waals surface area contributed by atoms with Crippen molar-refractivity contribution in [2.75, 3.05) is 13.2 Å². The van der Waals surface area contributed by atoms with Crippen LogP contribution < -0.4 is 10.1 Å². The molecule has 0 bridgehead atoms. The van der Waals surface area contributed by atoms with Crippen molar-refractivity contribution in [2.24, 2.45) is 0 Å². The van der Waals surface area contributed by atoms with Gasteiger partial charge in [-0.1, -0.05) is 12.1 Å². The summed E-state index contributed by atoms with van der Waals surface area (Å²) in [5.74, 6) is 0.897. The lowest BCUT2D eigenvalue weighted by Crippen LogP contribution is -2.23. The Morgan fingerprint density at radius 3 is 2.93 bits per heavy atom. The van der Waals surface area contributed by atoms with Gasteiger partial charge < -0.3 is 15.2 Å². The van der Waals surface area contributed by atoms with Crippen LogP contribution in [0.5, 0.6) is 5.75 Å². The lowest BCUT2D eigenvalue weighted by Gasteiger charge is -2.08. The van der Waals surface area contributed by atoms with Gasteiger partial charge in [-0.2, -0.15) is 0 Å². The van der Waals surface area contributed by atoms with E-state index in [2.05, 4.69) is 5.32 Å². The van der Waals surface area contributed by atoms with Gasteiger partial charge in [-0.15, -0.1) is 0 Å². The van der Waals surface area contributed by atoms with E-state index in [4.69, 9.17) is 9.84 Å². The standard InChI is InChI=1S/C12H19NO2/c1-3-15-12-6-4-5-11(7-12)9-13-8-10(2)14/h4-7,10,13-14H,3,8-9H2,1-2H3. The van der Waals surface area contributed by atoms with Gasteiger partial charge in [0.1, 0.15) is 5.75 Å². The molecule has 0 aromatic heterocycles. The Morgan fingerprint density at radius 2 is 2.27 bits per heavy atom. The highest BCUT2D eigenvalue weighted by molar-refractivity contribution is 5.28. The van der Waals surface area contributed by atoms with E-state index >= 15 is 0 Å². The minimum absolute atomic E-state index is 0.305. The van der Waals surface area contributed by atoms with Crippen molar-refractivity contribution in [1.82, 2.24) is 5.32 Å². The Balaban J connectivity index is 2.43. The van der Waals surface area contributed by atoms with Crippen molar-refractivity contribution in [3.05, 3.63) is 29.8 Å². The monoisotopic (exact) mass is 209 g/mol. The van der Waals surface area contributed by atoms with E-state index in [1.807, 2.05) is 31.2 Å². The van der Waals surface area contributed by atoms with Crippen LogP contribution in [-0.2, 0) is 6.54 Å². The van der Waals surface area contributed by atoms with Crippen LogP contribution in [0.1, 0.15) is 19.4 Å². The topological polar surface area (TPSA) is 41.5 Å².